The summed E-state index contributed by atoms with van der Waals surface area (Å²) in [5.41, 5.74) is 9.59. The molecule has 2 aromatic rings. The molecule has 1 fully saturated rings. The Balaban J connectivity index is 1.74. The normalized spacial score (nSPS) is 16.6. The Labute approximate surface area is 118 Å². The summed E-state index contributed by atoms with van der Waals surface area (Å²) in [5.74, 6) is 0.870. The van der Waals surface area contributed by atoms with Gasteiger partial charge in [-0.1, -0.05) is 44.2 Å². The molecule has 1 aliphatic carbocycles. The highest BCUT2D eigenvalue weighted by Gasteiger charge is 2.14. The number of aromatic hydroxyl groups is 1. The molecule has 0 bridgehead atoms. The van der Waals surface area contributed by atoms with E-state index in [4.69, 9.17) is 5.53 Å². The van der Waals surface area contributed by atoms with Gasteiger partial charge in [0.2, 0.25) is 5.88 Å². The van der Waals surface area contributed by atoms with Crippen LogP contribution in [0.1, 0.15) is 44.1 Å². The van der Waals surface area contributed by atoms with Gasteiger partial charge < -0.3 is 10.1 Å². The molecule has 0 saturated heterocycles. The fourth-order valence-electron chi connectivity index (χ4n) is 3.33. The van der Waals surface area contributed by atoms with Crippen molar-refractivity contribution in [2.45, 2.75) is 44.9 Å². The molecule has 3 N–H and O–H groups in total. The van der Waals surface area contributed by atoms with Crippen LogP contribution in [0.15, 0.2) is 23.3 Å². The predicted octanol–water partition coefficient (Wildman–Crippen LogP) is 5.05. The molecule has 0 unspecified atom stereocenters. The molecule has 1 aromatic carbocycles. The predicted molar refractivity (Wildman–Crippen MR) is 79.7 cm³/mol. The van der Waals surface area contributed by atoms with E-state index in [1.165, 1.54) is 44.1 Å². The summed E-state index contributed by atoms with van der Waals surface area (Å²) in [7, 11) is 0. The molecule has 0 aliphatic heterocycles. The van der Waals surface area contributed by atoms with Crippen molar-refractivity contribution < 1.29 is 5.11 Å². The number of hydrogen-bond acceptors (Lipinski definition) is 3. The largest absolute Gasteiger partial charge is 0.493 e. The van der Waals surface area contributed by atoms with Crippen LogP contribution in [0.2, 0.25) is 0 Å². The van der Waals surface area contributed by atoms with Gasteiger partial charge in [-0.25, -0.2) is 5.53 Å². The molecule has 4 heteroatoms. The number of benzene rings is 1. The van der Waals surface area contributed by atoms with Crippen molar-refractivity contribution in [1.29, 1.82) is 5.53 Å². The second-order valence-corrected chi connectivity index (χ2v) is 5.86. The number of H-pyrrole nitrogens is 1. The zero-order valence-corrected chi connectivity index (χ0v) is 11.7. The Kier molecular flexibility index (Phi) is 3.72. The van der Waals surface area contributed by atoms with Crippen LogP contribution >= 0.6 is 0 Å². The van der Waals surface area contributed by atoms with Gasteiger partial charge in [0.1, 0.15) is 0 Å². The standard InChI is InChI=1S/C16H21N3O/c17-19-15-13-9-8-12(10-14(13)18-16(15)20)7-6-11-4-2-1-3-5-11/h8-11,17-18,20H,1-7H2. The molecule has 0 amide bonds. The zero-order valence-electron chi connectivity index (χ0n) is 11.7. The van der Waals surface area contributed by atoms with Gasteiger partial charge in [-0.2, -0.15) is 5.11 Å². The molecule has 20 heavy (non-hydrogen) atoms. The molecule has 1 saturated carbocycles. The summed E-state index contributed by atoms with van der Waals surface area (Å²) in [5, 5.41) is 13.9. The third-order valence-corrected chi connectivity index (χ3v) is 4.49. The molecule has 0 radical (unpaired) electrons. The van der Waals surface area contributed by atoms with Crippen molar-refractivity contribution in [2.75, 3.05) is 0 Å². The molecule has 3 rings (SSSR count). The average Bonchev–Trinajstić information content (AvgIpc) is 2.80. The van der Waals surface area contributed by atoms with Crippen LogP contribution in [-0.2, 0) is 6.42 Å². The summed E-state index contributed by atoms with van der Waals surface area (Å²) >= 11 is 0. The first-order valence-corrected chi connectivity index (χ1v) is 7.49. The maximum Gasteiger partial charge on any atom is 0.218 e. The van der Waals surface area contributed by atoms with Crippen LogP contribution in [0.5, 0.6) is 5.88 Å². The monoisotopic (exact) mass is 271 g/mol. The van der Waals surface area contributed by atoms with Crippen LogP contribution < -0.4 is 0 Å². The van der Waals surface area contributed by atoms with Crippen LogP contribution in [-0.4, -0.2) is 10.1 Å². The second-order valence-electron chi connectivity index (χ2n) is 5.86. The van der Waals surface area contributed by atoms with Gasteiger partial charge in [0.25, 0.3) is 0 Å². The van der Waals surface area contributed by atoms with Gasteiger partial charge in [0.05, 0.1) is 5.52 Å². The lowest BCUT2D eigenvalue weighted by molar-refractivity contribution is 0.339. The Hall–Kier alpha value is -1.84. The summed E-state index contributed by atoms with van der Waals surface area (Å²) in [4.78, 5) is 2.90. The van der Waals surface area contributed by atoms with E-state index in [0.29, 0.717) is 5.69 Å². The number of rotatable bonds is 4. The molecule has 1 heterocycles. The topological polar surface area (TPSA) is 72.2 Å². The Morgan fingerprint density at radius 3 is 2.80 bits per heavy atom. The molecule has 0 spiro atoms. The van der Waals surface area contributed by atoms with Gasteiger partial charge >= 0.3 is 0 Å². The highest BCUT2D eigenvalue weighted by atomic mass is 16.3. The molecular formula is C16H21N3O. The molecule has 0 atom stereocenters. The zero-order chi connectivity index (χ0) is 13.9. The minimum Gasteiger partial charge on any atom is -0.493 e. The van der Waals surface area contributed by atoms with E-state index in [1.54, 1.807) is 0 Å². The van der Waals surface area contributed by atoms with Gasteiger partial charge in [-0.15, -0.1) is 0 Å². The maximum absolute atomic E-state index is 9.69. The fourth-order valence-corrected chi connectivity index (χ4v) is 3.33. The van der Waals surface area contributed by atoms with E-state index in [2.05, 4.69) is 22.2 Å². The third-order valence-electron chi connectivity index (χ3n) is 4.49. The summed E-state index contributed by atoms with van der Waals surface area (Å²) < 4.78 is 0. The number of fused-ring (bicyclic) bond motifs is 1. The quantitative estimate of drug-likeness (QED) is 0.669. The SMILES string of the molecule is N=Nc1c(O)[nH]c2cc(CCC3CCCCC3)ccc12. The number of aromatic amines is 1. The summed E-state index contributed by atoms with van der Waals surface area (Å²) in [6, 6.07) is 6.12. The number of hydrogen-bond donors (Lipinski definition) is 3. The number of aromatic nitrogens is 1. The second kappa shape index (κ2) is 5.65. The van der Waals surface area contributed by atoms with E-state index < -0.39 is 0 Å². The van der Waals surface area contributed by atoms with E-state index in [0.717, 1.165) is 23.2 Å². The molecule has 1 aromatic heterocycles. The Bertz CT molecular complexity index is 611. The van der Waals surface area contributed by atoms with E-state index in [-0.39, 0.29) is 5.88 Å². The highest BCUT2D eigenvalue weighted by molar-refractivity contribution is 5.94. The summed E-state index contributed by atoms with van der Waals surface area (Å²) in [6.07, 6.45) is 9.30. The number of nitrogens with zero attached hydrogens (tertiary/aromatic N) is 1. The Morgan fingerprint density at radius 2 is 2.05 bits per heavy atom. The van der Waals surface area contributed by atoms with Gasteiger partial charge in [-0.05, 0) is 30.4 Å². The highest BCUT2D eigenvalue weighted by Crippen LogP contribution is 2.35. The number of aryl methyl sites for hydroxylation is 1. The van der Waals surface area contributed by atoms with Crippen LogP contribution in [0.25, 0.3) is 10.9 Å². The van der Waals surface area contributed by atoms with E-state index >= 15 is 0 Å². The molecule has 1 aliphatic rings. The number of nitrogens with one attached hydrogen (secondary N) is 2. The molecule has 4 nitrogen and oxygen atoms in total. The molecule has 106 valence electrons. The van der Waals surface area contributed by atoms with Crippen molar-refractivity contribution in [3.63, 3.8) is 0 Å². The van der Waals surface area contributed by atoms with Crippen molar-refractivity contribution in [2.24, 2.45) is 11.0 Å². The van der Waals surface area contributed by atoms with E-state index in [1.807, 2.05) is 6.07 Å². The van der Waals surface area contributed by atoms with Crippen LogP contribution in [0.3, 0.4) is 0 Å². The fraction of sp³-hybridized carbons (Fsp3) is 0.500. The third kappa shape index (κ3) is 2.55. The van der Waals surface area contributed by atoms with Crippen molar-refractivity contribution >= 4 is 16.6 Å². The van der Waals surface area contributed by atoms with Gasteiger partial charge in [-0.3, -0.25) is 0 Å². The first-order valence-electron chi connectivity index (χ1n) is 7.49. The lowest BCUT2D eigenvalue weighted by Gasteiger charge is -2.21. The van der Waals surface area contributed by atoms with Crippen LogP contribution in [0, 0.1) is 11.4 Å². The minimum atomic E-state index is -0.0144. The van der Waals surface area contributed by atoms with Crippen LogP contribution in [0.4, 0.5) is 5.69 Å². The smallest absolute Gasteiger partial charge is 0.218 e. The van der Waals surface area contributed by atoms with Crippen molar-refractivity contribution in [1.82, 2.24) is 4.98 Å². The first kappa shape index (κ1) is 13.2. The lowest BCUT2D eigenvalue weighted by atomic mass is 9.85. The first-order chi connectivity index (χ1) is 9.78. The Morgan fingerprint density at radius 1 is 1.25 bits per heavy atom. The van der Waals surface area contributed by atoms with E-state index in [9.17, 15) is 5.11 Å². The summed E-state index contributed by atoms with van der Waals surface area (Å²) in [6.45, 7) is 0. The lowest BCUT2D eigenvalue weighted by Crippen LogP contribution is -2.07. The minimum absolute atomic E-state index is 0.0144. The molecular weight excluding hydrogens is 250 g/mol. The van der Waals surface area contributed by atoms with Crippen molar-refractivity contribution in [3.05, 3.63) is 23.8 Å². The van der Waals surface area contributed by atoms with Gasteiger partial charge in [0, 0.05) is 5.39 Å². The van der Waals surface area contributed by atoms with Gasteiger partial charge in [0.15, 0.2) is 5.69 Å². The maximum atomic E-state index is 9.69. The average molecular weight is 271 g/mol. The van der Waals surface area contributed by atoms with Crippen molar-refractivity contribution in [3.8, 4) is 5.88 Å².